The van der Waals surface area contributed by atoms with Crippen molar-refractivity contribution in [2.24, 2.45) is 0 Å². The van der Waals surface area contributed by atoms with Crippen molar-refractivity contribution in [2.75, 3.05) is 12.4 Å². The monoisotopic (exact) mass is 360 g/mol. The number of hydrogen-bond acceptors (Lipinski definition) is 2. The number of para-hydroxylation sites is 1. The van der Waals surface area contributed by atoms with Gasteiger partial charge in [0.25, 0.3) is 5.91 Å². The van der Waals surface area contributed by atoms with E-state index in [4.69, 9.17) is 4.74 Å². The molecule has 0 radical (unpaired) electrons. The number of H-pyrrole nitrogens is 1. The second kappa shape index (κ2) is 6.96. The van der Waals surface area contributed by atoms with Gasteiger partial charge in [-0.3, -0.25) is 4.79 Å². The van der Waals surface area contributed by atoms with Crippen LogP contribution in [0.2, 0.25) is 0 Å². The summed E-state index contributed by atoms with van der Waals surface area (Å²) in [6.07, 6.45) is 0. The van der Waals surface area contributed by atoms with E-state index in [1.54, 1.807) is 24.3 Å². The van der Waals surface area contributed by atoms with Gasteiger partial charge in [0.15, 0.2) is 0 Å². The molecule has 4 aromatic rings. The van der Waals surface area contributed by atoms with Gasteiger partial charge in [0.1, 0.15) is 11.6 Å². The summed E-state index contributed by atoms with van der Waals surface area (Å²) >= 11 is 0. The number of nitrogens with one attached hydrogen (secondary N) is 2. The number of methoxy groups -OCH3 is 1. The zero-order valence-electron chi connectivity index (χ0n) is 14.6. The number of carbonyl (C=O) groups is 1. The number of amides is 1. The van der Waals surface area contributed by atoms with Crippen LogP contribution in [0.4, 0.5) is 10.1 Å². The third kappa shape index (κ3) is 3.40. The molecule has 0 saturated heterocycles. The van der Waals surface area contributed by atoms with Crippen LogP contribution in [0, 0.1) is 5.82 Å². The van der Waals surface area contributed by atoms with Gasteiger partial charge in [0.05, 0.1) is 12.7 Å². The third-order valence-corrected chi connectivity index (χ3v) is 4.37. The molecule has 0 bridgehead atoms. The van der Waals surface area contributed by atoms with Gasteiger partial charge >= 0.3 is 0 Å². The van der Waals surface area contributed by atoms with Crippen LogP contribution in [0.25, 0.3) is 22.2 Å². The van der Waals surface area contributed by atoms with Gasteiger partial charge in [-0.1, -0.05) is 24.3 Å². The smallest absolute Gasteiger partial charge is 0.259 e. The number of fused-ring (bicyclic) bond motifs is 1. The van der Waals surface area contributed by atoms with Crippen molar-refractivity contribution >= 4 is 22.5 Å². The summed E-state index contributed by atoms with van der Waals surface area (Å²) in [4.78, 5) is 15.8. The normalized spacial score (nSPS) is 10.7. The van der Waals surface area contributed by atoms with Crippen molar-refractivity contribution in [1.29, 1.82) is 0 Å². The summed E-state index contributed by atoms with van der Waals surface area (Å²) in [5.74, 6) is -0.00186. The van der Waals surface area contributed by atoms with E-state index in [1.807, 2.05) is 36.4 Å². The van der Waals surface area contributed by atoms with Gasteiger partial charge < -0.3 is 15.0 Å². The van der Waals surface area contributed by atoms with Crippen molar-refractivity contribution in [1.82, 2.24) is 4.98 Å². The van der Waals surface area contributed by atoms with E-state index < -0.39 is 0 Å². The van der Waals surface area contributed by atoms with E-state index in [2.05, 4.69) is 10.3 Å². The lowest BCUT2D eigenvalue weighted by Gasteiger charge is -2.10. The lowest BCUT2D eigenvalue weighted by molar-refractivity contribution is 0.102. The molecule has 0 saturated carbocycles. The van der Waals surface area contributed by atoms with E-state index >= 15 is 0 Å². The van der Waals surface area contributed by atoms with Crippen LogP contribution in [-0.4, -0.2) is 18.0 Å². The number of rotatable bonds is 4. The standard InChI is InChI=1S/C22H17FN2O2/c1-27-21-8-3-2-7-18(21)22(26)24-17-6-4-5-14(12-17)20-13-15-11-16(23)9-10-19(15)25-20/h2-13,25H,1H3,(H,24,26). The van der Waals surface area contributed by atoms with Crippen LogP contribution in [0.3, 0.4) is 0 Å². The Morgan fingerprint density at radius 1 is 1.00 bits per heavy atom. The maximum absolute atomic E-state index is 13.4. The molecule has 27 heavy (non-hydrogen) atoms. The first-order chi connectivity index (χ1) is 13.1. The average molecular weight is 360 g/mol. The highest BCUT2D eigenvalue weighted by molar-refractivity contribution is 6.06. The quantitative estimate of drug-likeness (QED) is 0.523. The van der Waals surface area contributed by atoms with E-state index in [1.165, 1.54) is 19.2 Å². The van der Waals surface area contributed by atoms with E-state index in [9.17, 15) is 9.18 Å². The predicted molar refractivity (Wildman–Crippen MR) is 105 cm³/mol. The van der Waals surface area contributed by atoms with Gasteiger partial charge in [-0.05, 0) is 48.5 Å². The van der Waals surface area contributed by atoms with Gasteiger partial charge in [-0.25, -0.2) is 4.39 Å². The summed E-state index contributed by atoms with van der Waals surface area (Å²) in [5, 5.41) is 3.69. The number of ether oxygens (including phenoxy) is 1. The van der Waals surface area contributed by atoms with E-state index in [0.717, 1.165) is 22.2 Å². The molecule has 0 spiro atoms. The average Bonchev–Trinajstić information content (AvgIpc) is 3.11. The van der Waals surface area contributed by atoms with Crippen LogP contribution in [0.5, 0.6) is 5.75 Å². The first-order valence-corrected chi connectivity index (χ1v) is 8.47. The van der Waals surface area contributed by atoms with Crippen LogP contribution in [-0.2, 0) is 0 Å². The Hall–Kier alpha value is -3.60. The lowest BCUT2D eigenvalue weighted by atomic mass is 10.1. The summed E-state index contributed by atoms with van der Waals surface area (Å²) in [6.45, 7) is 0. The number of hydrogen-bond donors (Lipinski definition) is 2. The summed E-state index contributed by atoms with van der Waals surface area (Å²) < 4.78 is 18.7. The van der Waals surface area contributed by atoms with Gasteiger partial charge in [-0.2, -0.15) is 0 Å². The molecule has 0 aliphatic heterocycles. The molecular weight excluding hydrogens is 343 g/mol. The van der Waals surface area contributed by atoms with E-state index in [-0.39, 0.29) is 11.7 Å². The summed E-state index contributed by atoms with van der Waals surface area (Å²) in [5.41, 5.74) is 3.73. The molecule has 0 unspecified atom stereocenters. The van der Waals surface area contributed by atoms with Crippen molar-refractivity contribution in [3.05, 3.63) is 84.2 Å². The molecule has 4 nitrogen and oxygen atoms in total. The Morgan fingerprint density at radius 2 is 1.85 bits per heavy atom. The fraction of sp³-hybridized carbons (Fsp3) is 0.0455. The van der Waals surface area contributed by atoms with Crippen LogP contribution in [0.1, 0.15) is 10.4 Å². The molecule has 2 N–H and O–H groups in total. The molecule has 1 aromatic heterocycles. The van der Waals surface area contributed by atoms with Crippen molar-refractivity contribution < 1.29 is 13.9 Å². The third-order valence-electron chi connectivity index (χ3n) is 4.37. The molecule has 0 aliphatic rings. The topological polar surface area (TPSA) is 54.1 Å². The highest BCUT2D eigenvalue weighted by atomic mass is 19.1. The Bertz CT molecular complexity index is 1130. The maximum Gasteiger partial charge on any atom is 0.259 e. The Kier molecular flexibility index (Phi) is 4.34. The molecule has 0 aliphatic carbocycles. The molecule has 4 rings (SSSR count). The number of halogens is 1. The minimum absolute atomic E-state index is 0.247. The number of aromatic nitrogens is 1. The molecular formula is C22H17FN2O2. The zero-order chi connectivity index (χ0) is 18.8. The Balaban J connectivity index is 1.63. The minimum atomic E-state index is -0.272. The van der Waals surface area contributed by atoms with E-state index in [0.29, 0.717) is 17.0 Å². The number of carbonyl (C=O) groups excluding carboxylic acids is 1. The highest BCUT2D eigenvalue weighted by Gasteiger charge is 2.12. The fourth-order valence-electron chi connectivity index (χ4n) is 3.05. The molecule has 1 heterocycles. The number of anilines is 1. The zero-order valence-corrected chi connectivity index (χ0v) is 14.6. The minimum Gasteiger partial charge on any atom is -0.496 e. The van der Waals surface area contributed by atoms with Crippen molar-refractivity contribution in [2.45, 2.75) is 0 Å². The highest BCUT2D eigenvalue weighted by Crippen LogP contribution is 2.27. The summed E-state index contributed by atoms with van der Waals surface area (Å²) in [7, 11) is 1.53. The molecule has 1 amide bonds. The first kappa shape index (κ1) is 16.8. The predicted octanol–water partition coefficient (Wildman–Crippen LogP) is 5.23. The number of benzene rings is 3. The van der Waals surface area contributed by atoms with Crippen LogP contribution >= 0.6 is 0 Å². The molecule has 134 valence electrons. The van der Waals surface area contributed by atoms with Gasteiger partial charge in [-0.15, -0.1) is 0 Å². The Morgan fingerprint density at radius 3 is 2.70 bits per heavy atom. The van der Waals surface area contributed by atoms with Crippen LogP contribution < -0.4 is 10.1 Å². The molecule has 3 aromatic carbocycles. The fourth-order valence-corrected chi connectivity index (χ4v) is 3.05. The van der Waals surface area contributed by atoms with Crippen molar-refractivity contribution in [3.63, 3.8) is 0 Å². The summed E-state index contributed by atoms with van der Waals surface area (Å²) in [6, 6.07) is 21.1. The first-order valence-electron chi connectivity index (χ1n) is 8.47. The van der Waals surface area contributed by atoms with Gasteiger partial charge in [0.2, 0.25) is 0 Å². The second-order valence-corrected chi connectivity index (χ2v) is 6.15. The SMILES string of the molecule is COc1ccccc1C(=O)Nc1cccc(-c2cc3cc(F)ccc3[nH]2)c1. The molecule has 0 atom stereocenters. The van der Waals surface area contributed by atoms with Gasteiger partial charge in [0, 0.05) is 27.8 Å². The van der Waals surface area contributed by atoms with Crippen molar-refractivity contribution in [3.8, 4) is 17.0 Å². The maximum atomic E-state index is 13.4. The largest absolute Gasteiger partial charge is 0.496 e. The lowest BCUT2D eigenvalue weighted by Crippen LogP contribution is -2.13. The molecule has 5 heteroatoms. The second-order valence-electron chi connectivity index (χ2n) is 6.15. The van der Waals surface area contributed by atoms with Crippen LogP contribution in [0.15, 0.2) is 72.8 Å². The Labute approximate surface area is 155 Å². The number of aromatic amines is 1. The molecule has 0 fully saturated rings.